The Kier molecular flexibility index (Phi) is 7.71. The van der Waals surface area contributed by atoms with Gasteiger partial charge in [0.2, 0.25) is 5.91 Å². The number of hydrogen-bond acceptors (Lipinski definition) is 4. The van der Waals surface area contributed by atoms with E-state index in [2.05, 4.69) is 0 Å². The highest BCUT2D eigenvalue weighted by atomic mass is 16.5. The molecule has 160 valence electrons. The molecule has 0 atom stereocenters. The van der Waals surface area contributed by atoms with Gasteiger partial charge in [-0.25, -0.2) is 0 Å². The summed E-state index contributed by atoms with van der Waals surface area (Å²) in [5.74, 6) is 1.64. The van der Waals surface area contributed by atoms with Crippen molar-refractivity contribution in [3.8, 4) is 11.5 Å². The standard InChI is InChI=1S/C24H30N2O4/c1-19-8-3-4-11-22(19)30-17-6-12-23(27)25-13-7-14-26(16-15-25)24(28)20-9-5-10-21(18-20)29-2/h3-5,8-11,18H,6-7,12-17H2,1-2H3. The van der Waals surface area contributed by atoms with Crippen molar-refractivity contribution in [3.05, 3.63) is 59.7 Å². The minimum absolute atomic E-state index is 0.0187. The summed E-state index contributed by atoms with van der Waals surface area (Å²) in [6.45, 7) is 4.96. The van der Waals surface area contributed by atoms with Gasteiger partial charge in [-0.3, -0.25) is 9.59 Å². The zero-order valence-electron chi connectivity index (χ0n) is 17.8. The largest absolute Gasteiger partial charge is 0.497 e. The molecule has 0 aliphatic carbocycles. The fourth-order valence-electron chi connectivity index (χ4n) is 3.59. The number of benzene rings is 2. The third-order valence-corrected chi connectivity index (χ3v) is 5.34. The van der Waals surface area contributed by atoms with E-state index >= 15 is 0 Å². The molecule has 2 aromatic carbocycles. The van der Waals surface area contributed by atoms with Crippen molar-refractivity contribution in [2.24, 2.45) is 0 Å². The predicted molar refractivity (Wildman–Crippen MR) is 116 cm³/mol. The van der Waals surface area contributed by atoms with E-state index in [1.165, 1.54) is 0 Å². The number of ether oxygens (including phenoxy) is 2. The van der Waals surface area contributed by atoms with Crippen LogP contribution in [-0.4, -0.2) is 61.5 Å². The number of aryl methyl sites for hydroxylation is 1. The van der Waals surface area contributed by atoms with Gasteiger partial charge in [0.05, 0.1) is 13.7 Å². The molecular weight excluding hydrogens is 380 g/mol. The molecule has 1 heterocycles. The minimum atomic E-state index is -0.0187. The number of carbonyl (C=O) groups excluding carboxylic acids is 2. The third-order valence-electron chi connectivity index (χ3n) is 5.34. The van der Waals surface area contributed by atoms with E-state index in [1.807, 2.05) is 53.1 Å². The quantitative estimate of drug-likeness (QED) is 0.655. The molecule has 1 fully saturated rings. The van der Waals surface area contributed by atoms with Crippen LogP contribution in [0.1, 0.15) is 35.2 Å². The van der Waals surface area contributed by atoms with Gasteiger partial charge in [0.15, 0.2) is 0 Å². The summed E-state index contributed by atoms with van der Waals surface area (Å²) < 4.78 is 11.0. The highest BCUT2D eigenvalue weighted by Gasteiger charge is 2.22. The molecule has 0 radical (unpaired) electrons. The number of para-hydroxylation sites is 1. The van der Waals surface area contributed by atoms with Crippen molar-refractivity contribution in [1.29, 1.82) is 0 Å². The van der Waals surface area contributed by atoms with E-state index < -0.39 is 0 Å². The van der Waals surface area contributed by atoms with Crippen LogP contribution in [0.2, 0.25) is 0 Å². The molecule has 0 aromatic heterocycles. The maximum Gasteiger partial charge on any atom is 0.254 e. The lowest BCUT2D eigenvalue weighted by atomic mass is 10.2. The monoisotopic (exact) mass is 410 g/mol. The summed E-state index contributed by atoms with van der Waals surface area (Å²) >= 11 is 0. The minimum Gasteiger partial charge on any atom is -0.497 e. The van der Waals surface area contributed by atoms with Crippen LogP contribution in [-0.2, 0) is 4.79 Å². The van der Waals surface area contributed by atoms with Crippen LogP contribution in [0.5, 0.6) is 11.5 Å². The van der Waals surface area contributed by atoms with Crippen molar-refractivity contribution in [3.63, 3.8) is 0 Å². The highest BCUT2D eigenvalue weighted by molar-refractivity contribution is 5.94. The first-order chi connectivity index (χ1) is 14.6. The second kappa shape index (κ2) is 10.7. The van der Waals surface area contributed by atoms with Gasteiger partial charge in [0.25, 0.3) is 5.91 Å². The molecule has 1 aliphatic rings. The van der Waals surface area contributed by atoms with Crippen LogP contribution in [0, 0.1) is 6.92 Å². The summed E-state index contributed by atoms with van der Waals surface area (Å²) in [5, 5.41) is 0. The van der Waals surface area contributed by atoms with Crippen molar-refractivity contribution in [2.45, 2.75) is 26.2 Å². The van der Waals surface area contributed by atoms with Gasteiger partial charge < -0.3 is 19.3 Å². The fourth-order valence-corrected chi connectivity index (χ4v) is 3.59. The van der Waals surface area contributed by atoms with Crippen molar-refractivity contribution in [1.82, 2.24) is 9.80 Å². The first kappa shape index (κ1) is 21.7. The topological polar surface area (TPSA) is 59.1 Å². The molecule has 0 bridgehead atoms. The van der Waals surface area contributed by atoms with E-state index in [9.17, 15) is 9.59 Å². The van der Waals surface area contributed by atoms with Crippen molar-refractivity contribution in [2.75, 3.05) is 39.9 Å². The highest BCUT2D eigenvalue weighted by Crippen LogP contribution is 2.18. The summed E-state index contributed by atoms with van der Waals surface area (Å²) in [6.07, 6.45) is 1.91. The van der Waals surface area contributed by atoms with Gasteiger partial charge >= 0.3 is 0 Å². The van der Waals surface area contributed by atoms with Crippen LogP contribution in [0.25, 0.3) is 0 Å². The Morgan fingerprint density at radius 3 is 2.53 bits per heavy atom. The maximum atomic E-state index is 12.8. The van der Waals surface area contributed by atoms with E-state index in [0.29, 0.717) is 56.9 Å². The average Bonchev–Trinajstić information content (AvgIpc) is 3.03. The van der Waals surface area contributed by atoms with Crippen molar-refractivity contribution >= 4 is 11.8 Å². The zero-order chi connectivity index (χ0) is 21.3. The lowest BCUT2D eigenvalue weighted by Crippen LogP contribution is -2.37. The molecule has 0 spiro atoms. The first-order valence-corrected chi connectivity index (χ1v) is 10.5. The van der Waals surface area contributed by atoms with Gasteiger partial charge in [-0.1, -0.05) is 24.3 Å². The Morgan fingerprint density at radius 1 is 0.967 bits per heavy atom. The molecule has 0 saturated carbocycles. The molecule has 2 amide bonds. The van der Waals surface area contributed by atoms with Crippen LogP contribution < -0.4 is 9.47 Å². The van der Waals surface area contributed by atoms with Gasteiger partial charge in [-0.2, -0.15) is 0 Å². The van der Waals surface area contributed by atoms with Crippen molar-refractivity contribution < 1.29 is 19.1 Å². The molecule has 30 heavy (non-hydrogen) atoms. The Bertz CT molecular complexity index is 868. The molecule has 3 rings (SSSR count). The molecule has 1 aliphatic heterocycles. The Labute approximate surface area is 178 Å². The average molecular weight is 411 g/mol. The Morgan fingerprint density at radius 2 is 1.73 bits per heavy atom. The number of carbonyl (C=O) groups is 2. The predicted octanol–water partition coefficient (Wildman–Crippen LogP) is 3.54. The maximum absolute atomic E-state index is 12.8. The molecule has 6 heteroatoms. The lowest BCUT2D eigenvalue weighted by Gasteiger charge is -2.22. The molecule has 0 unspecified atom stereocenters. The van der Waals surface area contributed by atoms with Gasteiger partial charge in [0, 0.05) is 38.2 Å². The number of hydrogen-bond donors (Lipinski definition) is 0. The number of methoxy groups -OCH3 is 1. The second-order valence-corrected chi connectivity index (χ2v) is 7.48. The fraction of sp³-hybridized carbons (Fsp3) is 0.417. The van der Waals surface area contributed by atoms with Crippen LogP contribution in [0.4, 0.5) is 0 Å². The molecule has 0 N–H and O–H groups in total. The van der Waals surface area contributed by atoms with Crippen LogP contribution in [0.3, 0.4) is 0 Å². The Hall–Kier alpha value is -3.02. The van der Waals surface area contributed by atoms with Gasteiger partial charge in [-0.05, 0) is 49.6 Å². The van der Waals surface area contributed by atoms with E-state index in [1.54, 1.807) is 19.2 Å². The number of rotatable bonds is 7. The zero-order valence-corrected chi connectivity index (χ0v) is 17.8. The lowest BCUT2D eigenvalue weighted by molar-refractivity contribution is -0.131. The molecule has 6 nitrogen and oxygen atoms in total. The molecular formula is C24H30N2O4. The summed E-state index contributed by atoms with van der Waals surface area (Å²) in [6, 6.07) is 15.1. The van der Waals surface area contributed by atoms with E-state index in [4.69, 9.17) is 9.47 Å². The second-order valence-electron chi connectivity index (χ2n) is 7.48. The normalized spacial score (nSPS) is 14.2. The third kappa shape index (κ3) is 5.75. The van der Waals surface area contributed by atoms with E-state index in [0.717, 1.165) is 17.7 Å². The number of nitrogens with zero attached hydrogens (tertiary/aromatic N) is 2. The molecule has 1 saturated heterocycles. The smallest absolute Gasteiger partial charge is 0.254 e. The van der Waals surface area contributed by atoms with Gasteiger partial charge in [-0.15, -0.1) is 0 Å². The first-order valence-electron chi connectivity index (χ1n) is 10.5. The summed E-state index contributed by atoms with van der Waals surface area (Å²) in [5.41, 5.74) is 1.71. The van der Waals surface area contributed by atoms with Crippen LogP contribution >= 0.6 is 0 Å². The van der Waals surface area contributed by atoms with E-state index in [-0.39, 0.29) is 11.8 Å². The Balaban J connectivity index is 1.45. The summed E-state index contributed by atoms with van der Waals surface area (Å²) in [7, 11) is 1.59. The number of amides is 2. The molecule has 2 aromatic rings. The van der Waals surface area contributed by atoms with Crippen LogP contribution in [0.15, 0.2) is 48.5 Å². The van der Waals surface area contributed by atoms with Gasteiger partial charge in [0.1, 0.15) is 11.5 Å². The SMILES string of the molecule is COc1cccc(C(=O)N2CCCN(C(=O)CCCOc3ccccc3C)CC2)c1. The summed E-state index contributed by atoms with van der Waals surface area (Å²) in [4.78, 5) is 29.1.